The molecule has 0 atom stereocenters. The Morgan fingerprint density at radius 3 is 2.43 bits per heavy atom. The number of fused-ring (bicyclic) bond motifs is 3. The summed E-state index contributed by atoms with van der Waals surface area (Å²) in [6.45, 7) is 3.58. The molecule has 2 aromatic heterocycles. The number of carboxylic acid groups (broad SMARTS) is 1. The van der Waals surface area contributed by atoms with Gasteiger partial charge in [-0.25, -0.2) is 9.18 Å². The second-order valence-electron chi connectivity index (χ2n) is 8.82. The molecular formula is C26H22F4N4O3. The molecular weight excluding hydrogens is 492 g/mol. The van der Waals surface area contributed by atoms with E-state index in [1.807, 2.05) is 0 Å². The number of aromatic carboxylic acids is 1. The normalized spacial score (nSPS) is 14.5. The topological polar surface area (TPSA) is 78.7 Å². The minimum atomic E-state index is -4.44. The molecule has 1 aliphatic heterocycles. The summed E-state index contributed by atoms with van der Waals surface area (Å²) in [7, 11) is 0. The molecule has 0 bridgehead atoms. The van der Waals surface area contributed by atoms with E-state index in [0.29, 0.717) is 49.3 Å². The molecule has 11 heteroatoms. The third-order valence-corrected chi connectivity index (χ3v) is 6.71. The van der Waals surface area contributed by atoms with Crippen LogP contribution < -0.4 is 15.2 Å². The summed E-state index contributed by atoms with van der Waals surface area (Å²) in [5.41, 5.74) is -0.478. The number of rotatable bonds is 4. The van der Waals surface area contributed by atoms with E-state index in [-0.39, 0.29) is 22.2 Å². The van der Waals surface area contributed by atoms with Gasteiger partial charge in [0.25, 0.3) is 0 Å². The Labute approximate surface area is 208 Å². The Balaban J connectivity index is 1.52. The van der Waals surface area contributed by atoms with Gasteiger partial charge < -0.3 is 19.5 Å². The van der Waals surface area contributed by atoms with Crippen LogP contribution in [0.1, 0.15) is 22.8 Å². The van der Waals surface area contributed by atoms with Crippen molar-refractivity contribution in [3.8, 4) is 0 Å². The smallest absolute Gasteiger partial charge is 0.416 e. The molecule has 4 aromatic rings. The monoisotopic (exact) mass is 514 g/mol. The third-order valence-electron chi connectivity index (χ3n) is 6.71. The predicted octanol–water partition coefficient (Wildman–Crippen LogP) is 4.75. The average molecular weight is 514 g/mol. The second kappa shape index (κ2) is 9.06. The highest BCUT2D eigenvalue weighted by Crippen LogP contribution is 2.33. The summed E-state index contributed by atoms with van der Waals surface area (Å²) < 4.78 is 56.1. The number of benzene rings is 2. The average Bonchev–Trinajstić information content (AvgIpc) is 2.87. The highest BCUT2D eigenvalue weighted by Gasteiger charge is 2.31. The van der Waals surface area contributed by atoms with Crippen molar-refractivity contribution in [3.05, 3.63) is 76.0 Å². The molecule has 0 aliphatic carbocycles. The zero-order chi connectivity index (χ0) is 26.5. The Morgan fingerprint density at radius 2 is 1.78 bits per heavy atom. The lowest BCUT2D eigenvalue weighted by Gasteiger charge is -2.37. The van der Waals surface area contributed by atoms with Gasteiger partial charge in [-0.05, 0) is 31.2 Å². The van der Waals surface area contributed by atoms with Gasteiger partial charge in [-0.15, -0.1) is 0 Å². The van der Waals surface area contributed by atoms with Crippen molar-refractivity contribution in [2.24, 2.45) is 0 Å². The summed E-state index contributed by atoms with van der Waals surface area (Å²) in [5, 5.41) is 10.0. The molecule has 37 heavy (non-hydrogen) atoms. The van der Waals surface area contributed by atoms with Crippen LogP contribution in [-0.2, 0) is 12.7 Å². The van der Waals surface area contributed by atoms with E-state index in [0.717, 1.165) is 12.1 Å². The van der Waals surface area contributed by atoms with E-state index in [9.17, 15) is 27.9 Å². The summed E-state index contributed by atoms with van der Waals surface area (Å²) in [4.78, 5) is 32.7. The van der Waals surface area contributed by atoms with Gasteiger partial charge in [0.15, 0.2) is 0 Å². The first-order valence-corrected chi connectivity index (χ1v) is 11.6. The van der Waals surface area contributed by atoms with Gasteiger partial charge in [0, 0.05) is 56.1 Å². The van der Waals surface area contributed by atoms with Gasteiger partial charge in [0.1, 0.15) is 11.4 Å². The second-order valence-corrected chi connectivity index (χ2v) is 8.82. The van der Waals surface area contributed by atoms with E-state index >= 15 is 4.39 Å². The molecule has 0 amide bonds. The summed E-state index contributed by atoms with van der Waals surface area (Å²) >= 11 is 0. The van der Waals surface area contributed by atoms with Crippen molar-refractivity contribution in [2.75, 3.05) is 36.0 Å². The maximum Gasteiger partial charge on any atom is 0.416 e. The Hall–Kier alpha value is -4.15. The van der Waals surface area contributed by atoms with E-state index < -0.39 is 29.0 Å². The van der Waals surface area contributed by atoms with Gasteiger partial charge in [-0.2, -0.15) is 13.2 Å². The lowest BCUT2D eigenvalue weighted by atomic mass is 10.0. The van der Waals surface area contributed by atoms with Crippen LogP contribution in [0.25, 0.3) is 21.8 Å². The summed E-state index contributed by atoms with van der Waals surface area (Å²) in [5.74, 6) is -1.91. The number of carboxylic acids is 1. The molecule has 0 saturated carbocycles. The first-order valence-electron chi connectivity index (χ1n) is 11.6. The van der Waals surface area contributed by atoms with Crippen LogP contribution in [0.4, 0.5) is 28.9 Å². The number of hydrogen-bond donors (Lipinski definition) is 1. The van der Waals surface area contributed by atoms with Crippen molar-refractivity contribution < 1.29 is 27.5 Å². The van der Waals surface area contributed by atoms with Gasteiger partial charge in [-0.1, -0.05) is 6.07 Å². The number of piperazine rings is 1. The fourth-order valence-electron chi connectivity index (χ4n) is 4.81. The standard InChI is InChI=1S/C26H22F4N4O3/c1-2-32-14-18(25(36)37)24(35)23-17-11-21(19(27)12-20(17)31-13-22(23)32)34-8-6-33(7-9-34)16-5-3-4-15(10-16)26(28,29)30/h3-5,10-14H,2,6-9H2,1H3,(H,36,37). The molecule has 1 saturated heterocycles. The number of anilines is 2. The maximum absolute atomic E-state index is 15.2. The molecule has 1 aliphatic rings. The van der Waals surface area contributed by atoms with E-state index in [4.69, 9.17) is 0 Å². The van der Waals surface area contributed by atoms with Crippen LogP contribution in [0.5, 0.6) is 0 Å². The van der Waals surface area contributed by atoms with Gasteiger partial charge in [-0.3, -0.25) is 9.78 Å². The number of carbonyl (C=O) groups is 1. The van der Waals surface area contributed by atoms with Gasteiger partial charge in [0.2, 0.25) is 5.43 Å². The van der Waals surface area contributed by atoms with Crippen LogP contribution in [0.15, 0.2) is 53.6 Å². The Bertz CT molecular complexity index is 1590. The first kappa shape index (κ1) is 24.5. The Morgan fingerprint density at radius 1 is 1.08 bits per heavy atom. The fourth-order valence-corrected chi connectivity index (χ4v) is 4.81. The third kappa shape index (κ3) is 4.34. The molecule has 0 radical (unpaired) electrons. The summed E-state index contributed by atoms with van der Waals surface area (Å²) in [6.07, 6.45) is -1.74. The quantitative estimate of drug-likeness (QED) is 0.313. The number of aryl methyl sites for hydroxylation is 1. The van der Waals surface area contributed by atoms with Crippen molar-refractivity contribution in [1.29, 1.82) is 0 Å². The van der Waals surface area contributed by atoms with Crippen LogP contribution >= 0.6 is 0 Å². The molecule has 3 heterocycles. The zero-order valence-corrected chi connectivity index (χ0v) is 19.7. The van der Waals surface area contributed by atoms with Crippen molar-refractivity contribution in [2.45, 2.75) is 19.6 Å². The molecule has 1 fully saturated rings. The highest BCUT2D eigenvalue weighted by molar-refractivity contribution is 6.07. The lowest BCUT2D eigenvalue weighted by molar-refractivity contribution is -0.137. The van der Waals surface area contributed by atoms with Crippen LogP contribution in [0, 0.1) is 5.82 Å². The number of hydrogen-bond acceptors (Lipinski definition) is 5. The van der Waals surface area contributed by atoms with Crippen LogP contribution in [-0.4, -0.2) is 46.8 Å². The summed E-state index contributed by atoms with van der Waals surface area (Å²) in [6, 6.07) is 7.81. The molecule has 0 spiro atoms. The van der Waals surface area contributed by atoms with Crippen molar-refractivity contribution in [1.82, 2.24) is 9.55 Å². The van der Waals surface area contributed by atoms with E-state index in [1.54, 1.807) is 27.4 Å². The van der Waals surface area contributed by atoms with E-state index in [1.165, 1.54) is 30.6 Å². The van der Waals surface area contributed by atoms with Crippen molar-refractivity contribution in [3.63, 3.8) is 0 Å². The van der Waals surface area contributed by atoms with E-state index in [2.05, 4.69) is 4.98 Å². The largest absolute Gasteiger partial charge is 0.477 e. The first-order chi connectivity index (χ1) is 17.6. The molecule has 5 rings (SSSR count). The zero-order valence-electron chi connectivity index (χ0n) is 19.7. The maximum atomic E-state index is 15.2. The molecule has 7 nitrogen and oxygen atoms in total. The molecule has 2 aromatic carbocycles. The van der Waals surface area contributed by atoms with Gasteiger partial charge >= 0.3 is 12.1 Å². The fraction of sp³-hybridized carbons (Fsp3) is 0.269. The number of nitrogens with zero attached hydrogens (tertiary/aromatic N) is 4. The highest BCUT2D eigenvalue weighted by atomic mass is 19.4. The number of aromatic nitrogens is 2. The number of pyridine rings is 2. The minimum absolute atomic E-state index is 0.149. The Kier molecular flexibility index (Phi) is 6.01. The van der Waals surface area contributed by atoms with Gasteiger partial charge in [0.05, 0.1) is 33.9 Å². The number of alkyl halides is 3. The van der Waals surface area contributed by atoms with Crippen molar-refractivity contribution >= 4 is 39.1 Å². The molecule has 0 unspecified atom stereocenters. The number of halogens is 4. The molecule has 1 N–H and O–H groups in total. The van der Waals surface area contributed by atoms with Crippen LogP contribution in [0.2, 0.25) is 0 Å². The predicted molar refractivity (Wildman–Crippen MR) is 132 cm³/mol. The minimum Gasteiger partial charge on any atom is -0.477 e. The van der Waals surface area contributed by atoms with Crippen LogP contribution in [0.3, 0.4) is 0 Å². The lowest BCUT2D eigenvalue weighted by Crippen LogP contribution is -2.46. The molecule has 192 valence electrons. The SMILES string of the molecule is CCn1cc(C(=O)O)c(=O)c2c3cc(N4CCN(c5cccc(C(F)(F)F)c5)CC4)c(F)cc3ncc21.